The molecule has 1 aliphatic carbocycles. The number of rotatable bonds is 3. The average Bonchev–Trinajstić information content (AvgIpc) is 3.27. The van der Waals surface area contributed by atoms with Crippen LogP contribution in [-0.2, 0) is 4.79 Å². The zero-order valence-corrected chi connectivity index (χ0v) is 14.1. The Morgan fingerprint density at radius 3 is 2.76 bits per heavy atom. The molecule has 1 aliphatic heterocycles. The van der Waals surface area contributed by atoms with Gasteiger partial charge in [-0.05, 0) is 37.8 Å². The largest absolute Gasteiger partial charge is 0.481 e. The summed E-state index contributed by atoms with van der Waals surface area (Å²) in [5.74, 6) is -0.398. The minimum atomic E-state index is -0.787. The summed E-state index contributed by atoms with van der Waals surface area (Å²) in [6.45, 7) is 2.48. The quantitative estimate of drug-likeness (QED) is 0.928. The number of fused-ring (bicyclic) bond motifs is 1. The summed E-state index contributed by atoms with van der Waals surface area (Å²) >= 11 is 0. The number of aromatic nitrogens is 1. The molecule has 1 N–H and O–H groups in total. The molecule has 130 valence electrons. The van der Waals surface area contributed by atoms with Crippen molar-refractivity contribution in [2.75, 3.05) is 13.1 Å². The summed E-state index contributed by atoms with van der Waals surface area (Å²) in [6, 6.07) is 9.42. The molecule has 1 saturated heterocycles. The number of hydrogen-bond donors (Lipinski definition) is 1. The van der Waals surface area contributed by atoms with E-state index in [1.165, 1.54) is 0 Å². The second-order valence-corrected chi connectivity index (χ2v) is 7.04. The molecule has 2 aromatic rings. The molecule has 1 amide bonds. The Hall–Kier alpha value is -2.63. The smallest absolute Gasteiger partial charge is 0.311 e. The molecule has 2 aliphatic rings. The van der Waals surface area contributed by atoms with Crippen molar-refractivity contribution in [3.63, 3.8) is 0 Å². The van der Waals surface area contributed by atoms with Crippen molar-refractivity contribution in [2.45, 2.75) is 26.2 Å². The van der Waals surface area contributed by atoms with E-state index in [2.05, 4.69) is 4.98 Å². The van der Waals surface area contributed by atoms with E-state index in [1.807, 2.05) is 30.3 Å². The molecular formula is C19H20N2O4. The molecule has 25 heavy (non-hydrogen) atoms. The molecule has 2 heterocycles. The van der Waals surface area contributed by atoms with Crippen LogP contribution in [-0.4, -0.2) is 40.0 Å². The number of amides is 1. The number of hydrogen-bond acceptors (Lipinski definition) is 4. The number of carboxylic acid groups (broad SMARTS) is 1. The maximum Gasteiger partial charge on any atom is 0.311 e. The van der Waals surface area contributed by atoms with Gasteiger partial charge in [0.15, 0.2) is 0 Å². The molecule has 1 saturated carbocycles. The molecule has 6 nitrogen and oxygen atoms in total. The number of aryl methyl sites for hydroxylation is 1. The minimum Gasteiger partial charge on any atom is -0.481 e. The van der Waals surface area contributed by atoms with Gasteiger partial charge < -0.3 is 14.4 Å². The average molecular weight is 340 g/mol. The lowest BCUT2D eigenvalue weighted by Crippen LogP contribution is -2.37. The van der Waals surface area contributed by atoms with Crippen molar-refractivity contribution in [1.29, 1.82) is 0 Å². The molecule has 2 atom stereocenters. The first-order valence-corrected chi connectivity index (χ1v) is 8.57. The van der Waals surface area contributed by atoms with E-state index < -0.39 is 11.4 Å². The summed E-state index contributed by atoms with van der Waals surface area (Å²) in [7, 11) is 0. The van der Waals surface area contributed by atoms with Gasteiger partial charge in [0.2, 0.25) is 11.7 Å². The predicted molar refractivity (Wildman–Crippen MR) is 90.0 cm³/mol. The number of carboxylic acids is 1. The number of likely N-dealkylation sites (tertiary alicyclic amines) is 1. The van der Waals surface area contributed by atoms with Crippen LogP contribution in [0, 0.1) is 18.3 Å². The number of carbonyl (C=O) groups excluding carboxylic acids is 1. The molecule has 1 aromatic heterocycles. The lowest BCUT2D eigenvalue weighted by Gasteiger charge is -2.23. The van der Waals surface area contributed by atoms with Crippen LogP contribution in [0.25, 0.3) is 11.5 Å². The van der Waals surface area contributed by atoms with Gasteiger partial charge in [-0.1, -0.05) is 24.6 Å². The Morgan fingerprint density at radius 1 is 1.32 bits per heavy atom. The predicted octanol–water partition coefficient (Wildman–Crippen LogP) is 2.98. The van der Waals surface area contributed by atoms with E-state index in [1.54, 1.807) is 11.8 Å². The van der Waals surface area contributed by atoms with Crippen LogP contribution < -0.4 is 0 Å². The van der Waals surface area contributed by atoms with E-state index in [9.17, 15) is 14.7 Å². The highest BCUT2D eigenvalue weighted by Gasteiger charge is 2.56. The van der Waals surface area contributed by atoms with Gasteiger partial charge in [-0.2, -0.15) is 0 Å². The Morgan fingerprint density at radius 2 is 2.08 bits per heavy atom. The molecule has 1 aromatic carbocycles. The van der Waals surface area contributed by atoms with Crippen LogP contribution in [0.3, 0.4) is 0 Å². The third-order valence-corrected chi connectivity index (χ3v) is 5.60. The third-order valence-electron chi connectivity index (χ3n) is 5.60. The fraction of sp³-hybridized carbons (Fsp3) is 0.421. The van der Waals surface area contributed by atoms with Gasteiger partial charge in [0.05, 0.1) is 11.1 Å². The lowest BCUT2D eigenvalue weighted by molar-refractivity contribution is -0.149. The normalized spacial score (nSPS) is 25.2. The van der Waals surface area contributed by atoms with E-state index in [4.69, 9.17) is 4.42 Å². The highest BCUT2D eigenvalue weighted by atomic mass is 16.4. The summed E-state index contributed by atoms with van der Waals surface area (Å²) < 4.78 is 5.74. The number of benzene rings is 1. The van der Waals surface area contributed by atoms with Crippen LogP contribution >= 0.6 is 0 Å². The number of oxazole rings is 1. The summed E-state index contributed by atoms with van der Waals surface area (Å²) in [4.78, 5) is 30.7. The standard InChI is InChI=1S/C19H20N2O4/c1-12-15(25-16(20-12)13-6-3-2-4-7-13)17(22)21-10-14-8-5-9-19(14,11-21)18(23)24/h2-4,6-7,14H,5,8-11H2,1H3,(H,23,24)/t14-,19+/m0/s1. The zero-order valence-electron chi connectivity index (χ0n) is 14.1. The number of nitrogens with zero attached hydrogens (tertiary/aromatic N) is 2. The molecule has 0 bridgehead atoms. The highest BCUT2D eigenvalue weighted by molar-refractivity contribution is 5.94. The first-order chi connectivity index (χ1) is 12.0. The molecule has 4 rings (SSSR count). The van der Waals surface area contributed by atoms with Crippen LogP contribution in [0.2, 0.25) is 0 Å². The van der Waals surface area contributed by atoms with Gasteiger partial charge in [-0.25, -0.2) is 4.98 Å². The summed E-state index contributed by atoms with van der Waals surface area (Å²) in [6.07, 6.45) is 2.42. The van der Waals surface area contributed by atoms with Crippen molar-refractivity contribution in [3.8, 4) is 11.5 Å². The van der Waals surface area contributed by atoms with Crippen LogP contribution in [0.5, 0.6) is 0 Å². The zero-order chi connectivity index (χ0) is 17.6. The van der Waals surface area contributed by atoms with Crippen LogP contribution in [0.15, 0.2) is 34.7 Å². The Balaban J connectivity index is 1.60. The van der Waals surface area contributed by atoms with Gasteiger partial charge in [-0.3, -0.25) is 9.59 Å². The monoisotopic (exact) mass is 340 g/mol. The van der Waals surface area contributed by atoms with E-state index >= 15 is 0 Å². The van der Waals surface area contributed by atoms with Crippen molar-refractivity contribution in [3.05, 3.63) is 41.8 Å². The molecule has 0 spiro atoms. The SMILES string of the molecule is Cc1nc(-c2ccccc2)oc1C(=O)N1C[C@@H]2CCC[C@@]2(C(=O)O)C1. The molecule has 6 heteroatoms. The fourth-order valence-corrected chi connectivity index (χ4v) is 4.24. The molecule has 0 radical (unpaired) electrons. The third kappa shape index (κ3) is 2.44. The fourth-order valence-electron chi connectivity index (χ4n) is 4.24. The van der Waals surface area contributed by atoms with Gasteiger partial charge in [0.1, 0.15) is 0 Å². The summed E-state index contributed by atoms with van der Waals surface area (Å²) in [5.41, 5.74) is 0.557. The maximum atomic E-state index is 12.9. The second-order valence-electron chi connectivity index (χ2n) is 7.04. The Labute approximate surface area is 145 Å². The summed E-state index contributed by atoms with van der Waals surface area (Å²) in [5, 5.41) is 9.68. The van der Waals surface area contributed by atoms with E-state index in [0.29, 0.717) is 24.6 Å². The number of carbonyl (C=O) groups is 2. The molecular weight excluding hydrogens is 320 g/mol. The van der Waals surface area contributed by atoms with Crippen molar-refractivity contribution >= 4 is 11.9 Å². The minimum absolute atomic E-state index is 0.0331. The van der Waals surface area contributed by atoms with E-state index in [-0.39, 0.29) is 24.1 Å². The number of aliphatic carboxylic acids is 1. The van der Waals surface area contributed by atoms with Crippen LogP contribution in [0.4, 0.5) is 0 Å². The van der Waals surface area contributed by atoms with Crippen LogP contribution in [0.1, 0.15) is 35.5 Å². The van der Waals surface area contributed by atoms with Gasteiger partial charge in [0.25, 0.3) is 5.91 Å². The first-order valence-electron chi connectivity index (χ1n) is 8.57. The molecule has 0 unspecified atom stereocenters. The van der Waals surface area contributed by atoms with Gasteiger partial charge >= 0.3 is 5.97 Å². The lowest BCUT2D eigenvalue weighted by atomic mass is 9.81. The Kier molecular flexibility index (Phi) is 3.63. The highest BCUT2D eigenvalue weighted by Crippen LogP contribution is 2.49. The van der Waals surface area contributed by atoms with Crippen molar-refractivity contribution < 1.29 is 19.1 Å². The van der Waals surface area contributed by atoms with E-state index in [0.717, 1.165) is 18.4 Å². The Bertz CT molecular complexity index is 829. The first kappa shape index (κ1) is 15.9. The molecule has 2 fully saturated rings. The van der Waals surface area contributed by atoms with Crippen molar-refractivity contribution in [1.82, 2.24) is 9.88 Å². The van der Waals surface area contributed by atoms with Gasteiger partial charge in [-0.15, -0.1) is 0 Å². The van der Waals surface area contributed by atoms with Crippen molar-refractivity contribution in [2.24, 2.45) is 11.3 Å². The maximum absolute atomic E-state index is 12.9. The van der Waals surface area contributed by atoms with Gasteiger partial charge in [0, 0.05) is 18.7 Å². The second kappa shape index (κ2) is 5.72. The topological polar surface area (TPSA) is 83.6 Å².